The molecular weight excluding hydrogens is 158 g/mol. The van der Waals surface area contributed by atoms with Crippen LogP contribution in [0.2, 0.25) is 0 Å². The molecule has 0 aromatic carbocycles. The third kappa shape index (κ3) is 9.43. The molecule has 1 aliphatic carbocycles. The average Bonchev–Trinajstić information content (AvgIpc) is 2.26. The molecule has 1 rings (SSSR count). The molecule has 1 saturated carbocycles. The van der Waals surface area contributed by atoms with Gasteiger partial charge in [-0.3, -0.25) is 0 Å². The van der Waals surface area contributed by atoms with Gasteiger partial charge >= 0.3 is 0 Å². The van der Waals surface area contributed by atoms with Gasteiger partial charge in [0.2, 0.25) is 0 Å². The summed E-state index contributed by atoms with van der Waals surface area (Å²) in [6, 6.07) is 0. The summed E-state index contributed by atoms with van der Waals surface area (Å²) in [4.78, 5) is 0. The maximum Gasteiger partial charge on any atom is -0.00235 e. The van der Waals surface area contributed by atoms with E-state index in [9.17, 15) is 0 Å². The van der Waals surface area contributed by atoms with Crippen molar-refractivity contribution < 1.29 is 0 Å². The van der Waals surface area contributed by atoms with Crippen LogP contribution in [0.4, 0.5) is 0 Å². The van der Waals surface area contributed by atoms with Crippen LogP contribution < -0.4 is 5.32 Å². The highest BCUT2D eigenvalue weighted by molar-refractivity contribution is 4.66. The molecule has 0 aliphatic heterocycles. The zero-order chi connectivity index (χ0) is 10.5. The standard InChI is InChI=1S/C8H17N.C2H6.C2H2/c1-9-7-8-5-3-2-4-6-8;2*1-2/h8-9H,2-7H2,1H3;1-2H3;1-2H. The molecule has 0 unspecified atom stereocenters. The first-order valence-corrected chi connectivity index (χ1v) is 5.41. The summed E-state index contributed by atoms with van der Waals surface area (Å²) in [5, 5.41) is 3.24. The van der Waals surface area contributed by atoms with E-state index in [1.54, 1.807) is 0 Å². The number of terminal acetylenes is 1. The summed E-state index contributed by atoms with van der Waals surface area (Å²) in [7, 11) is 2.05. The van der Waals surface area contributed by atoms with Gasteiger partial charge < -0.3 is 5.32 Å². The Balaban J connectivity index is 0. The van der Waals surface area contributed by atoms with Crippen molar-refractivity contribution in [2.45, 2.75) is 46.0 Å². The lowest BCUT2D eigenvalue weighted by Gasteiger charge is -2.20. The molecule has 1 fully saturated rings. The van der Waals surface area contributed by atoms with E-state index >= 15 is 0 Å². The molecule has 0 radical (unpaired) electrons. The van der Waals surface area contributed by atoms with Crippen LogP contribution in [0.25, 0.3) is 0 Å². The third-order valence-electron chi connectivity index (χ3n) is 2.22. The Bertz CT molecular complexity index is 87.8. The Morgan fingerprint density at radius 1 is 1.08 bits per heavy atom. The van der Waals surface area contributed by atoms with E-state index in [-0.39, 0.29) is 0 Å². The van der Waals surface area contributed by atoms with Crippen LogP contribution in [0.3, 0.4) is 0 Å². The molecular formula is C12H25N. The molecule has 13 heavy (non-hydrogen) atoms. The predicted octanol–water partition coefficient (Wildman–Crippen LogP) is 3.06. The fraction of sp³-hybridized carbons (Fsp3) is 0.833. The molecule has 1 aliphatic rings. The molecule has 0 saturated heterocycles. The van der Waals surface area contributed by atoms with Crippen LogP contribution in [0, 0.1) is 18.8 Å². The summed E-state index contributed by atoms with van der Waals surface area (Å²) in [5.41, 5.74) is 0. The molecule has 0 amide bonds. The van der Waals surface area contributed by atoms with E-state index in [0.717, 1.165) is 5.92 Å². The highest BCUT2D eigenvalue weighted by Gasteiger charge is 2.11. The zero-order valence-electron chi connectivity index (χ0n) is 9.47. The lowest BCUT2D eigenvalue weighted by atomic mass is 9.89. The molecule has 0 aromatic heterocycles. The maximum atomic E-state index is 4.00. The summed E-state index contributed by atoms with van der Waals surface area (Å²) in [6.45, 7) is 5.24. The van der Waals surface area contributed by atoms with Gasteiger partial charge in [-0.25, -0.2) is 0 Å². The van der Waals surface area contributed by atoms with Crippen LogP contribution in [-0.2, 0) is 0 Å². The van der Waals surface area contributed by atoms with Gasteiger partial charge in [0, 0.05) is 0 Å². The number of hydrogen-bond donors (Lipinski definition) is 1. The van der Waals surface area contributed by atoms with Crippen molar-refractivity contribution in [1.82, 2.24) is 5.32 Å². The van der Waals surface area contributed by atoms with Crippen LogP contribution in [0.5, 0.6) is 0 Å². The summed E-state index contributed by atoms with van der Waals surface area (Å²) in [6.07, 6.45) is 15.3. The normalized spacial score (nSPS) is 16.1. The van der Waals surface area contributed by atoms with Gasteiger partial charge in [0.05, 0.1) is 0 Å². The maximum absolute atomic E-state index is 4.00. The molecule has 0 aromatic rings. The lowest BCUT2D eigenvalue weighted by Crippen LogP contribution is -2.20. The van der Waals surface area contributed by atoms with E-state index in [2.05, 4.69) is 25.2 Å². The van der Waals surface area contributed by atoms with Crippen LogP contribution in [-0.4, -0.2) is 13.6 Å². The van der Waals surface area contributed by atoms with Crippen molar-refractivity contribution in [3.8, 4) is 12.8 Å². The second-order valence-corrected chi connectivity index (χ2v) is 3.06. The summed E-state index contributed by atoms with van der Waals surface area (Å²) in [5.74, 6) is 0.990. The fourth-order valence-corrected chi connectivity index (χ4v) is 1.68. The summed E-state index contributed by atoms with van der Waals surface area (Å²) < 4.78 is 0. The molecule has 78 valence electrons. The van der Waals surface area contributed by atoms with E-state index in [0.29, 0.717) is 0 Å². The second kappa shape index (κ2) is 14.1. The lowest BCUT2D eigenvalue weighted by molar-refractivity contribution is 0.350. The van der Waals surface area contributed by atoms with Crippen LogP contribution >= 0.6 is 0 Å². The molecule has 1 nitrogen and oxygen atoms in total. The Labute approximate surface area is 84.3 Å². The first kappa shape index (κ1) is 15.0. The van der Waals surface area contributed by atoms with Crippen molar-refractivity contribution in [3.63, 3.8) is 0 Å². The second-order valence-electron chi connectivity index (χ2n) is 3.06. The van der Waals surface area contributed by atoms with E-state index in [1.165, 1.54) is 38.6 Å². The van der Waals surface area contributed by atoms with Crippen molar-refractivity contribution in [2.75, 3.05) is 13.6 Å². The van der Waals surface area contributed by atoms with Gasteiger partial charge in [0.1, 0.15) is 0 Å². The fourth-order valence-electron chi connectivity index (χ4n) is 1.68. The minimum absolute atomic E-state index is 0.990. The SMILES string of the molecule is C#C.CC.CNCC1CCCCC1. The molecule has 1 heteroatoms. The molecule has 1 N–H and O–H groups in total. The monoisotopic (exact) mass is 183 g/mol. The smallest absolute Gasteiger partial charge is 0.00235 e. The third-order valence-corrected chi connectivity index (χ3v) is 2.22. The van der Waals surface area contributed by atoms with Crippen molar-refractivity contribution in [1.29, 1.82) is 0 Å². The topological polar surface area (TPSA) is 12.0 Å². The van der Waals surface area contributed by atoms with E-state index in [1.807, 2.05) is 13.8 Å². The summed E-state index contributed by atoms with van der Waals surface area (Å²) >= 11 is 0. The first-order chi connectivity index (χ1) is 6.43. The molecule has 0 heterocycles. The first-order valence-electron chi connectivity index (χ1n) is 5.41. The van der Waals surface area contributed by atoms with Gasteiger partial charge in [-0.1, -0.05) is 33.1 Å². The molecule has 0 bridgehead atoms. The van der Waals surface area contributed by atoms with E-state index in [4.69, 9.17) is 0 Å². The van der Waals surface area contributed by atoms with Crippen LogP contribution in [0.15, 0.2) is 0 Å². The van der Waals surface area contributed by atoms with Crippen molar-refractivity contribution in [2.24, 2.45) is 5.92 Å². The highest BCUT2D eigenvalue weighted by Crippen LogP contribution is 2.22. The van der Waals surface area contributed by atoms with Gasteiger partial charge in [0.25, 0.3) is 0 Å². The Morgan fingerprint density at radius 3 is 1.92 bits per heavy atom. The van der Waals surface area contributed by atoms with E-state index < -0.39 is 0 Å². The Hall–Kier alpha value is -0.480. The quantitative estimate of drug-likeness (QED) is 0.649. The van der Waals surface area contributed by atoms with Gasteiger partial charge in [0.15, 0.2) is 0 Å². The molecule has 0 spiro atoms. The van der Waals surface area contributed by atoms with Crippen molar-refractivity contribution in [3.05, 3.63) is 0 Å². The average molecular weight is 183 g/mol. The Morgan fingerprint density at radius 2 is 1.54 bits per heavy atom. The van der Waals surface area contributed by atoms with Crippen LogP contribution in [0.1, 0.15) is 46.0 Å². The number of hydrogen-bond acceptors (Lipinski definition) is 1. The van der Waals surface area contributed by atoms with Gasteiger partial charge in [-0.15, -0.1) is 12.8 Å². The minimum Gasteiger partial charge on any atom is -0.319 e. The number of nitrogens with one attached hydrogen (secondary N) is 1. The van der Waals surface area contributed by atoms with Crippen molar-refractivity contribution >= 4 is 0 Å². The highest BCUT2D eigenvalue weighted by atomic mass is 14.8. The molecule has 0 atom stereocenters. The largest absolute Gasteiger partial charge is 0.319 e. The minimum atomic E-state index is 0.990. The number of rotatable bonds is 2. The Kier molecular flexibility index (Phi) is 16.2. The zero-order valence-corrected chi connectivity index (χ0v) is 9.47. The van der Waals surface area contributed by atoms with Gasteiger partial charge in [-0.05, 0) is 32.4 Å². The predicted molar refractivity (Wildman–Crippen MR) is 61.7 cm³/mol. The van der Waals surface area contributed by atoms with Gasteiger partial charge in [-0.2, -0.15) is 0 Å².